The molecule has 0 spiro atoms. The van der Waals surface area contributed by atoms with Crippen LogP contribution in [0.1, 0.15) is 74.3 Å². The van der Waals surface area contributed by atoms with Crippen molar-refractivity contribution in [1.82, 2.24) is 30.2 Å². The molecule has 13 heteroatoms. The quantitative estimate of drug-likeness (QED) is 0.312. The van der Waals surface area contributed by atoms with Crippen LogP contribution in [0.4, 0.5) is 5.69 Å². The van der Waals surface area contributed by atoms with Gasteiger partial charge in [0.1, 0.15) is 11.4 Å². The molecule has 1 aromatic heterocycles. The first-order chi connectivity index (χ1) is 26.1. The number of nitrogens with zero attached hydrogens (tertiary/aromatic N) is 6. The number of ether oxygens (including phenoxy) is 1. The molecule has 5 heterocycles. The summed E-state index contributed by atoms with van der Waals surface area (Å²) in [5, 5.41) is 21.2. The second-order valence-electron chi connectivity index (χ2n) is 15.3. The lowest BCUT2D eigenvalue weighted by Crippen LogP contribution is -2.58. The Labute approximate surface area is 316 Å². The summed E-state index contributed by atoms with van der Waals surface area (Å²) in [6.45, 7) is 4.58. The fraction of sp³-hybridized carbons (Fsp3) is 0.512. The summed E-state index contributed by atoms with van der Waals surface area (Å²) < 4.78 is 5.99. The van der Waals surface area contributed by atoms with E-state index in [4.69, 9.17) is 4.74 Å². The van der Waals surface area contributed by atoms with Gasteiger partial charge in [0.15, 0.2) is 0 Å². The van der Waals surface area contributed by atoms with Gasteiger partial charge in [-0.05, 0) is 80.4 Å². The molecular weight excluding hydrogens is 686 g/mol. The van der Waals surface area contributed by atoms with E-state index in [1.165, 1.54) is 5.56 Å². The van der Waals surface area contributed by atoms with Crippen molar-refractivity contribution in [2.75, 3.05) is 64.9 Å². The van der Waals surface area contributed by atoms with Gasteiger partial charge in [-0.15, -0.1) is 0 Å². The number of benzene rings is 2. The number of imide groups is 1. The summed E-state index contributed by atoms with van der Waals surface area (Å²) in [4.78, 5) is 59.4. The van der Waals surface area contributed by atoms with Crippen molar-refractivity contribution in [1.29, 1.82) is 0 Å². The SMILES string of the molecule is COC1(C(=O)N(C)C2CCN(C(=O)CN3CCC(c4ccc([C@H]5CCC(=O)NC5=O)cc4)CC3)CC2)CCN(c2cnnc(-c3ccccc3O)c2)CC1. The number of hydrogen-bond acceptors (Lipinski definition) is 10. The minimum Gasteiger partial charge on any atom is -0.507 e. The van der Waals surface area contributed by atoms with E-state index in [-0.39, 0.29) is 41.3 Å². The minimum atomic E-state index is -0.916. The van der Waals surface area contributed by atoms with Crippen molar-refractivity contribution in [2.24, 2.45) is 0 Å². The Morgan fingerprint density at radius 3 is 2.28 bits per heavy atom. The Morgan fingerprint density at radius 1 is 0.926 bits per heavy atom. The number of amides is 4. The van der Waals surface area contributed by atoms with Crippen molar-refractivity contribution in [2.45, 2.75) is 74.8 Å². The van der Waals surface area contributed by atoms with Gasteiger partial charge >= 0.3 is 0 Å². The average Bonchev–Trinajstić information content (AvgIpc) is 3.21. The van der Waals surface area contributed by atoms with Crippen LogP contribution in [0.5, 0.6) is 5.75 Å². The summed E-state index contributed by atoms with van der Waals surface area (Å²) >= 11 is 0. The minimum absolute atomic E-state index is 0.00865. The number of carbonyl (C=O) groups excluding carboxylic acids is 4. The third-order valence-corrected chi connectivity index (χ3v) is 12.2. The molecule has 13 nitrogen and oxygen atoms in total. The van der Waals surface area contributed by atoms with Gasteiger partial charge in [-0.3, -0.25) is 29.4 Å². The summed E-state index contributed by atoms with van der Waals surface area (Å²) in [7, 11) is 3.49. The predicted molar refractivity (Wildman–Crippen MR) is 203 cm³/mol. The number of nitrogens with one attached hydrogen (secondary N) is 1. The lowest BCUT2D eigenvalue weighted by Gasteiger charge is -2.45. The number of likely N-dealkylation sites (tertiary alicyclic amines) is 2. The number of phenolic OH excluding ortho intramolecular Hbond substituents is 1. The fourth-order valence-corrected chi connectivity index (χ4v) is 8.70. The Balaban J connectivity index is 0.854. The standard InChI is InChI=1S/C41H51N7O6/c1-45(40(53)41(54-2)17-23-47(24-18-41)32-25-35(44-42-26-32)34-5-3-4-6-36(34)49)31-15-21-48(22-16-31)38(51)27-46-19-13-29(14-20-46)28-7-9-30(10-8-28)33-11-12-37(50)43-39(33)52/h3-10,25-26,29,31,33,49H,11-24,27H2,1-2H3,(H,43,50,52)/t33-/m1/s1. The molecule has 2 N–H and O–H groups in total. The number of carbonyl (C=O) groups is 4. The summed E-state index contributed by atoms with van der Waals surface area (Å²) in [5.74, 6) is 0.0125. The second kappa shape index (κ2) is 16.2. The van der Waals surface area contributed by atoms with Crippen LogP contribution in [0, 0.1) is 0 Å². The molecule has 0 unspecified atom stereocenters. The highest BCUT2D eigenvalue weighted by Gasteiger charge is 2.45. The lowest BCUT2D eigenvalue weighted by molar-refractivity contribution is -0.159. The van der Waals surface area contributed by atoms with Gasteiger partial charge in [0, 0.05) is 71.2 Å². The zero-order chi connectivity index (χ0) is 37.8. The highest BCUT2D eigenvalue weighted by atomic mass is 16.5. The normalized spacial score (nSPS) is 21.5. The van der Waals surface area contributed by atoms with Crippen molar-refractivity contribution in [3.8, 4) is 17.0 Å². The van der Waals surface area contributed by atoms with Gasteiger partial charge in [0.05, 0.1) is 30.0 Å². The van der Waals surface area contributed by atoms with Crippen LogP contribution in [0.3, 0.4) is 0 Å². The topological polar surface area (TPSA) is 149 Å². The van der Waals surface area contributed by atoms with Gasteiger partial charge in [0.25, 0.3) is 5.91 Å². The Morgan fingerprint density at radius 2 is 1.61 bits per heavy atom. The molecule has 4 amide bonds. The summed E-state index contributed by atoms with van der Waals surface area (Å²) in [6.07, 6.45) is 7.10. The molecule has 0 bridgehead atoms. The molecule has 54 heavy (non-hydrogen) atoms. The zero-order valence-corrected chi connectivity index (χ0v) is 31.3. The van der Waals surface area contributed by atoms with Gasteiger partial charge < -0.3 is 24.5 Å². The Kier molecular flexibility index (Phi) is 11.3. The van der Waals surface area contributed by atoms with Crippen molar-refractivity contribution < 1.29 is 29.0 Å². The third kappa shape index (κ3) is 7.97. The third-order valence-electron chi connectivity index (χ3n) is 12.2. The fourth-order valence-electron chi connectivity index (χ4n) is 8.70. The molecule has 286 valence electrons. The highest BCUT2D eigenvalue weighted by Crippen LogP contribution is 2.35. The molecule has 0 radical (unpaired) electrons. The number of aromatic nitrogens is 2. The molecule has 4 fully saturated rings. The van der Waals surface area contributed by atoms with Crippen LogP contribution in [0.25, 0.3) is 11.3 Å². The van der Waals surface area contributed by atoms with Gasteiger partial charge in [-0.1, -0.05) is 36.4 Å². The number of aromatic hydroxyl groups is 1. The van der Waals surface area contributed by atoms with Crippen LogP contribution in [-0.2, 0) is 23.9 Å². The van der Waals surface area contributed by atoms with E-state index in [9.17, 15) is 24.3 Å². The average molecular weight is 738 g/mol. The van der Waals surface area contributed by atoms with Crippen LogP contribution < -0.4 is 10.2 Å². The van der Waals surface area contributed by atoms with Crippen molar-refractivity contribution in [3.63, 3.8) is 0 Å². The van der Waals surface area contributed by atoms with E-state index < -0.39 is 5.60 Å². The summed E-state index contributed by atoms with van der Waals surface area (Å²) in [6, 6.07) is 17.3. The molecule has 0 saturated carbocycles. The Hall–Kier alpha value is -4.88. The number of hydrogen-bond donors (Lipinski definition) is 2. The molecule has 7 rings (SSSR count). The number of likely N-dealkylation sites (N-methyl/N-ethyl adjacent to an activating group) is 1. The first-order valence-corrected chi connectivity index (χ1v) is 19.3. The molecule has 2 aromatic carbocycles. The van der Waals surface area contributed by atoms with Gasteiger partial charge in [-0.2, -0.15) is 10.2 Å². The number of piperidine rings is 4. The van der Waals surface area contributed by atoms with Crippen LogP contribution in [0.15, 0.2) is 60.8 Å². The lowest BCUT2D eigenvalue weighted by atomic mass is 9.86. The predicted octanol–water partition coefficient (Wildman–Crippen LogP) is 3.68. The van der Waals surface area contributed by atoms with Gasteiger partial charge in [-0.25, -0.2) is 0 Å². The maximum absolute atomic E-state index is 14.0. The Bertz CT molecular complexity index is 1830. The number of methoxy groups -OCH3 is 1. The molecule has 3 aromatic rings. The maximum atomic E-state index is 14.0. The van der Waals surface area contributed by atoms with E-state index in [0.29, 0.717) is 75.6 Å². The zero-order valence-electron chi connectivity index (χ0n) is 31.3. The number of para-hydroxylation sites is 1. The van der Waals surface area contributed by atoms with Crippen LogP contribution in [0.2, 0.25) is 0 Å². The van der Waals surface area contributed by atoms with E-state index in [2.05, 4.69) is 37.4 Å². The molecule has 4 aliphatic rings. The molecular formula is C41H51N7O6. The molecule has 1 atom stereocenters. The summed E-state index contributed by atoms with van der Waals surface area (Å²) in [5.41, 5.74) is 3.38. The number of phenols is 1. The monoisotopic (exact) mass is 737 g/mol. The first-order valence-electron chi connectivity index (χ1n) is 19.3. The number of rotatable bonds is 9. The van der Waals surface area contributed by atoms with E-state index in [1.807, 2.05) is 47.2 Å². The smallest absolute Gasteiger partial charge is 0.254 e. The largest absolute Gasteiger partial charge is 0.507 e. The van der Waals surface area contributed by atoms with Crippen molar-refractivity contribution in [3.05, 3.63) is 71.9 Å². The second-order valence-corrected chi connectivity index (χ2v) is 15.3. The maximum Gasteiger partial charge on any atom is 0.254 e. The van der Waals surface area contributed by atoms with Crippen molar-refractivity contribution >= 4 is 29.3 Å². The highest BCUT2D eigenvalue weighted by molar-refractivity contribution is 6.00. The number of anilines is 1. The van der Waals surface area contributed by atoms with E-state index >= 15 is 0 Å². The molecule has 0 aliphatic carbocycles. The van der Waals surface area contributed by atoms with E-state index in [1.54, 1.807) is 25.4 Å². The van der Waals surface area contributed by atoms with Gasteiger partial charge in [0.2, 0.25) is 17.7 Å². The van der Waals surface area contributed by atoms with E-state index in [0.717, 1.165) is 50.0 Å². The first kappa shape index (κ1) is 37.4. The van der Waals surface area contributed by atoms with Crippen LogP contribution >= 0.6 is 0 Å². The van der Waals surface area contributed by atoms with Crippen LogP contribution in [-0.4, -0.2) is 125 Å². The molecule has 4 saturated heterocycles. The molecule has 4 aliphatic heterocycles.